The van der Waals surface area contributed by atoms with Gasteiger partial charge in [-0.2, -0.15) is 0 Å². The summed E-state index contributed by atoms with van der Waals surface area (Å²) >= 11 is 7.66. The molecule has 6 nitrogen and oxygen atoms in total. The van der Waals surface area contributed by atoms with Crippen molar-refractivity contribution in [2.45, 2.75) is 49.6 Å². The average Bonchev–Trinajstić information content (AvgIpc) is 2.78. The first-order valence-electron chi connectivity index (χ1n) is 11.5. The summed E-state index contributed by atoms with van der Waals surface area (Å²) in [5.41, 5.74) is 3.87. The molecular weight excluding hydrogens is 485 g/mol. The Labute approximate surface area is 213 Å². The number of anilines is 3. The zero-order valence-electron chi connectivity index (χ0n) is 20.3. The fourth-order valence-corrected chi connectivity index (χ4v) is 6.12. The number of thioether (sulfide) groups is 1. The van der Waals surface area contributed by atoms with Crippen LogP contribution in [0.4, 0.5) is 21.7 Å². The molecule has 0 radical (unpaired) electrons. The minimum absolute atomic E-state index is 0.0238. The van der Waals surface area contributed by atoms with Crippen molar-refractivity contribution in [2.24, 2.45) is 0 Å². The molecule has 0 unspecified atom stereocenters. The van der Waals surface area contributed by atoms with Crippen molar-refractivity contribution in [3.8, 4) is 0 Å². The van der Waals surface area contributed by atoms with E-state index in [1.807, 2.05) is 19.9 Å². The van der Waals surface area contributed by atoms with E-state index in [9.17, 15) is 9.18 Å². The molecule has 1 N–H and O–H groups in total. The number of rotatable bonds is 3. The minimum Gasteiger partial charge on any atom is -0.324 e. The number of nitrogens with one attached hydrogen (secondary N) is 1. The number of para-hydroxylation sites is 1. The van der Waals surface area contributed by atoms with Gasteiger partial charge in [0, 0.05) is 24.0 Å². The monoisotopic (exact) mass is 511 g/mol. The lowest BCUT2D eigenvalue weighted by molar-refractivity contribution is 0.0968. The van der Waals surface area contributed by atoms with Crippen LogP contribution >= 0.6 is 23.4 Å². The van der Waals surface area contributed by atoms with Gasteiger partial charge >= 0.3 is 0 Å². The van der Waals surface area contributed by atoms with Gasteiger partial charge in [-0.25, -0.2) is 14.4 Å². The first kappa shape index (κ1) is 24.0. The molecule has 0 fully saturated rings. The van der Waals surface area contributed by atoms with E-state index in [4.69, 9.17) is 11.6 Å². The van der Waals surface area contributed by atoms with Crippen molar-refractivity contribution in [2.75, 3.05) is 23.8 Å². The molecule has 35 heavy (non-hydrogen) atoms. The van der Waals surface area contributed by atoms with Crippen LogP contribution in [0.3, 0.4) is 0 Å². The maximum atomic E-state index is 14.7. The van der Waals surface area contributed by atoms with Crippen molar-refractivity contribution in [3.05, 3.63) is 70.1 Å². The van der Waals surface area contributed by atoms with Crippen LogP contribution in [0.5, 0.6) is 0 Å². The Hall–Kier alpha value is -2.68. The zero-order chi connectivity index (χ0) is 25.1. The van der Waals surface area contributed by atoms with Crippen molar-refractivity contribution in [1.82, 2.24) is 14.9 Å². The molecular formula is C26H27ClFN5OS. The Bertz CT molecular complexity index is 1330. The molecule has 2 aliphatic rings. The highest BCUT2D eigenvalue weighted by Crippen LogP contribution is 2.47. The summed E-state index contributed by atoms with van der Waals surface area (Å²) in [6.07, 6.45) is 2.47. The topological polar surface area (TPSA) is 61.4 Å². The molecule has 3 heterocycles. The molecule has 3 aromatic rings. The maximum absolute atomic E-state index is 14.7. The third-order valence-corrected chi connectivity index (χ3v) is 8.42. The van der Waals surface area contributed by atoms with Crippen molar-refractivity contribution < 1.29 is 9.18 Å². The van der Waals surface area contributed by atoms with E-state index in [0.29, 0.717) is 16.5 Å². The zero-order valence-corrected chi connectivity index (χ0v) is 21.9. The predicted molar refractivity (Wildman–Crippen MR) is 139 cm³/mol. The normalized spacial score (nSPS) is 18.7. The number of halogens is 2. The molecule has 0 spiro atoms. The standard InChI is InChI=1S/C26H27ClFN5OS/c1-25(2)18-10-9-16(13-15(18)11-12-32(25)5)30-24-29-14-17-22(31-24)35-26(3,4)33(23(17)34)21-19(27)7-6-8-20(21)28/h6-10,13-14H,11-12H2,1-5H3,(H,29,30,31). The average molecular weight is 512 g/mol. The maximum Gasteiger partial charge on any atom is 0.263 e. The van der Waals surface area contributed by atoms with Gasteiger partial charge in [-0.05, 0) is 76.6 Å². The molecule has 1 aromatic heterocycles. The van der Waals surface area contributed by atoms with Crippen LogP contribution in [0.15, 0.2) is 47.6 Å². The molecule has 0 saturated heterocycles. The summed E-state index contributed by atoms with van der Waals surface area (Å²) in [4.78, 5) is 25.4. The second-order valence-corrected chi connectivity index (χ2v) is 11.9. The van der Waals surface area contributed by atoms with E-state index in [0.717, 1.165) is 18.7 Å². The third-order valence-electron chi connectivity index (χ3n) is 6.92. The lowest BCUT2D eigenvalue weighted by Gasteiger charge is -2.42. The number of amides is 1. The van der Waals surface area contributed by atoms with Crippen LogP contribution < -0.4 is 10.2 Å². The Morgan fingerprint density at radius 3 is 2.69 bits per heavy atom. The van der Waals surface area contributed by atoms with Gasteiger partial charge in [0.15, 0.2) is 0 Å². The number of hydrogen-bond donors (Lipinski definition) is 1. The second kappa shape index (κ2) is 8.47. The smallest absolute Gasteiger partial charge is 0.263 e. The van der Waals surface area contributed by atoms with Gasteiger partial charge in [-0.15, -0.1) is 0 Å². The first-order valence-corrected chi connectivity index (χ1v) is 12.6. The van der Waals surface area contributed by atoms with Crippen LogP contribution in [-0.2, 0) is 12.0 Å². The van der Waals surface area contributed by atoms with Crippen molar-refractivity contribution in [3.63, 3.8) is 0 Å². The van der Waals surface area contributed by atoms with Crippen LogP contribution in [0, 0.1) is 5.82 Å². The number of fused-ring (bicyclic) bond motifs is 2. The predicted octanol–water partition coefficient (Wildman–Crippen LogP) is 6.22. The largest absolute Gasteiger partial charge is 0.324 e. The SMILES string of the molecule is CN1CCc2cc(Nc3ncc4c(n3)SC(C)(C)N(c3c(F)cccc3Cl)C4=O)ccc2C1(C)C. The number of carbonyl (C=O) groups is 1. The van der Waals surface area contributed by atoms with Crippen LogP contribution in [0.1, 0.15) is 49.2 Å². The van der Waals surface area contributed by atoms with E-state index in [-0.39, 0.29) is 22.2 Å². The molecule has 9 heteroatoms. The van der Waals surface area contributed by atoms with E-state index >= 15 is 0 Å². The first-order chi connectivity index (χ1) is 16.5. The fraction of sp³-hybridized carbons (Fsp3) is 0.346. The Morgan fingerprint density at radius 2 is 1.94 bits per heavy atom. The molecule has 1 amide bonds. The van der Waals surface area contributed by atoms with Crippen LogP contribution in [-0.4, -0.2) is 39.2 Å². The quantitative estimate of drug-likeness (QED) is 0.421. The van der Waals surface area contributed by atoms with E-state index < -0.39 is 10.7 Å². The Balaban J connectivity index is 1.45. The van der Waals surface area contributed by atoms with Gasteiger partial charge in [-0.1, -0.05) is 35.5 Å². The Morgan fingerprint density at radius 1 is 1.17 bits per heavy atom. The molecule has 2 aromatic carbocycles. The summed E-state index contributed by atoms with van der Waals surface area (Å²) in [5.74, 6) is -0.532. The van der Waals surface area contributed by atoms with Crippen LogP contribution in [0.2, 0.25) is 5.02 Å². The third kappa shape index (κ3) is 4.07. The highest BCUT2D eigenvalue weighted by atomic mass is 35.5. The van der Waals surface area contributed by atoms with Gasteiger partial charge in [0.1, 0.15) is 10.8 Å². The molecule has 0 saturated carbocycles. The summed E-state index contributed by atoms with van der Waals surface area (Å²) in [6.45, 7) is 9.16. The summed E-state index contributed by atoms with van der Waals surface area (Å²) in [7, 11) is 2.15. The van der Waals surface area contributed by atoms with Gasteiger partial charge in [0.2, 0.25) is 5.95 Å². The van der Waals surface area contributed by atoms with Gasteiger partial charge in [0.05, 0.1) is 21.1 Å². The van der Waals surface area contributed by atoms with Crippen molar-refractivity contribution >= 4 is 46.6 Å². The summed E-state index contributed by atoms with van der Waals surface area (Å²) in [6, 6.07) is 10.7. The highest BCUT2D eigenvalue weighted by molar-refractivity contribution is 8.00. The van der Waals surface area contributed by atoms with Gasteiger partial charge in [-0.3, -0.25) is 14.6 Å². The second-order valence-electron chi connectivity index (χ2n) is 9.90. The number of benzene rings is 2. The number of carbonyl (C=O) groups excluding carboxylic acids is 1. The van der Waals surface area contributed by atoms with Gasteiger partial charge in [0.25, 0.3) is 5.91 Å². The van der Waals surface area contributed by atoms with Crippen LogP contribution in [0.25, 0.3) is 0 Å². The summed E-state index contributed by atoms with van der Waals surface area (Å²) in [5, 5.41) is 4.01. The molecule has 0 aliphatic carbocycles. The number of hydrogen-bond acceptors (Lipinski definition) is 6. The molecule has 0 atom stereocenters. The molecule has 5 rings (SSSR count). The van der Waals surface area contributed by atoms with Gasteiger partial charge < -0.3 is 5.32 Å². The summed E-state index contributed by atoms with van der Waals surface area (Å²) < 4.78 is 14.7. The lowest BCUT2D eigenvalue weighted by atomic mass is 9.83. The number of nitrogens with zero attached hydrogens (tertiary/aromatic N) is 4. The van der Waals surface area contributed by atoms with Crippen molar-refractivity contribution in [1.29, 1.82) is 0 Å². The lowest BCUT2D eigenvalue weighted by Crippen LogP contribution is -2.49. The minimum atomic E-state index is -0.815. The fourth-order valence-electron chi connectivity index (χ4n) is 4.75. The molecule has 182 valence electrons. The molecule has 2 aliphatic heterocycles. The highest BCUT2D eigenvalue weighted by Gasteiger charge is 2.43. The Kier molecular flexibility index (Phi) is 5.81. The van der Waals surface area contributed by atoms with E-state index in [2.05, 4.69) is 53.2 Å². The van der Waals surface area contributed by atoms with E-state index in [1.165, 1.54) is 46.1 Å². The van der Waals surface area contributed by atoms with E-state index in [1.54, 1.807) is 6.07 Å². The molecule has 0 bridgehead atoms. The number of aromatic nitrogens is 2. The number of likely N-dealkylation sites (N-methyl/N-ethyl adjacent to an activating group) is 1.